The number of benzene rings is 2. The summed E-state index contributed by atoms with van der Waals surface area (Å²) < 4.78 is 19.8. The Morgan fingerprint density at radius 2 is 1.69 bits per heavy atom. The van der Waals surface area contributed by atoms with Crippen molar-refractivity contribution in [3.05, 3.63) is 88.0 Å². The van der Waals surface area contributed by atoms with E-state index in [-0.39, 0.29) is 33.1 Å². The van der Waals surface area contributed by atoms with Crippen molar-refractivity contribution in [1.29, 1.82) is 0 Å². The molecule has 2 aromatic carbocycles. The molecule has 0 aliphatic carbocycles. The van der Waals surface area contributed by atoms with E-state index in [1.165, 1.54) is 30.3 Å². The average molecular weight is 507 g/mol. The highest BCUT2D eigenvalue weighted by Gasteiger charge is 2.41. The fourth-order valence-electron chi connectivity index (χ4n) is 3.55. The van der Waals surface area contributed by atoms with Gasteiger partial charge in [-0.05, 0) is 75.9 Å². The number of aryl methyl sites for hydroxylation is 2. The molecule has 0 saturated heterocycles. The molecule has 10 heteroatoms. The summed E-state index contributed by atoms with van der Waals surface area (Å²) in [5.41, 5.74) is 1.78. The van der Waals surface area contributed by atoms with Gasteiger partial charge >= 0.3 is 5.97 Å². The largest absolute Gasteiger partial charge is 0.459 e. The Bertz CT molecular complexity index is 1390. The van der Waals surface area contributed by atoms with E-state index in [0.717, 1.165) is 16.7 Å². The third kappa shape index (κ3) is 5.28. The van der Waals surface area contributed by atoms with Crippen LogP contribution in [0.3, 0.4) is 0 Å². The SMILES string of the molecule is Cc1cc(C)nc(SC2=C(Nc3cccc(C(=O)OC(C)C)c3)C(=O)N(c3ccccc3F)C2=O)n1. The van der Waals surface area contributed by atoms with Gasteiger partial charge < -0.3 is 10.1 Å². The first kappa shape index (κ1) is 25.1. The van der Waals surface area contributed by atoms with Gasteiger partial charge in [0.05, 0.1) is 17.4 Å². The van der Waals surface area contributed by atoms with E-state index in [4.69, 9.17) is 4.74 Å². The predicted molar refractivity (Wildman–Crippen MR) is 134 cm³/mol. The van der Waals surface area contributed by atoms with Gasteiger partial charge in [0.25, 0.3) is 11.8 Å². The van der Waals surface area contributed by atoms with Gasteiger partial charge in [-0.15, -0.1) is 0 Å². The van der Waals surface area contributed by atoms with Gasteiger partial charge in [0, 0.05) is 17.1 Å². The summed E-state index contributed by atoms with van der Waals surface area (Å²) in [6.45, 7) is 7.07. The molecular formula is C26H23FN4O4S. The van der Waals surface area contributed by atoms with E-state index in [0.29, 0.717) is 17.1 Å². The molecule has 1 aromatic heterocycles. The zero-order valence-corrected chi connectivity index (χ0v) is 20.9. The van der Waals surface area contributed by atoms with Crippen molar-refractivity contribution in [2.45, 2.75) is 39.0 Å². The number of hydrogen-bond acceptors (Lipinski definition) is 8. The van der Waals surface area contributed by atoms with Crippen LogP contribution in [0.4, 0.5) is 15.8 Å². The molecule has 0 radical (unpaired) electrons. The number of anilines is 2. The average Bonchev–Trinajstić information content (AvgIpc) is 3.02. The summed E-state index contributed by atoms with van der Waals surface area (Å²) in [5, 5.41) is 3.22. The number of esters is 1. The number of hydrogen-bond donors (Lipinski definition) is 1. The van der Waals surface area contributed by atoms with Crippen LogP contribution in [0.5, 0.6) is 0 Å². The second kappa shape index (κ2) is 10.3. The number of ether oxygens (including phenoxy) is 1. The van der Waals surface area contributed by atoms with Gasteiger partial charge in [0.1, 0.15) is 16.4 Å². The molecule has 4 rings (SSSR count). The normalized spacial score (nSPS) is 13.6. The molecule has 0 saturated carbocycles. The highest BCUT2D eigenvalue weighted by molar-refractivity contribution is 8.04. The van der Waals surface area contributed by atoms with E-state index < -0.39 is 23.6 Å². The molecule has 36 heavy (non-hydrogen) atoms. The standard InChI is InChI=1S/C26H23FN4O4S/c1-14(2)35-25(34)17-8-7-9-18(13-17)30-21-22(36-26-28-15(3)12-16(4)29-26)24(33)31(23(21)32)20-11-6-5-10-19(20)27/h5-14,30H,1-4H3. The fraction of sp³-hybridized carbons (Fsp3) is 0.192. The van der Waals surface area contributed by atoms with Crippen molar-refractivity contribution in [3.63, 3.8) is 0 Å². The summed E-state index contributed by atoms with van der Waals surface area (Å²) in [6, 6.07) is 13.7. The molecule has 2 amide bonds. The van der Waals surface area contributed by atoms with E-state index in [1.54, 1.807) is 52.0 Å². The molecule has 0 unspecified atom stereocenters. The minimum absolute atomic E-state index is 0.00316. The summed E-state index contributed by atoms with van der Waals surface area (Å²) >= 11 is 0.911. The van der Waals surface area contributed by atoms with Crippen LogP contribution in [-0.4, -0.2) is 33.9 Å². The Morgan fingerprint density at radius 3 is 2.36 bits per heavy atom. The second-order valence-corrected chi connectivity index (χ2v) is 9.27. The van der Waals surface area contributed by atoms with Gasteiger partial charge in [-0.25, -0.2) is 24.1 Å². The Hall–Kier alpha value is -4.05. The molecule has 0 bridgehead atoms. The monoisotopic (exact) mass is 506 g/mol. The lowest BCUT2D eigenvalue weighted by atomic mass is 10.2. The number of para-hydroxylation sites is 1. The number of rotatable bonds is 7. The molecule has 0 atom stereocenters. The number of nitrogens with one attached hydrogen (secondary N) is 1. The first-order valence-electron chi connectivity index (χ1n) is 11.1. The Morgan fingerprint density at radius 1 is 1.00 bits per heavy atom. The quantitative estimate of drug-likeness (QED) is 0.277. The molecule has 0 spiro atoms. The molecule has 1 aliphatic rings. The minimum atomic E-state index is -0.743. The van der Waals surface area contributed by atoms with E-state index in [2.05, 4.69) is 15.3 Å². The van der Waals surface area contributed by atoms with Crippen LogP contribution >= 0.6 is 11.8 Å². The van der Waals surface area contributed by atoms with Crippen molar-refractivity contribution < 1.29 is 23.5 Å². The maximum atomic E-state index is 14.6. The smallest absolute Gasteiger partial charge is 0.338 e. The lowest BCUT2D eigenvalue weighted by Crippen LogP contribution is -2.33. The summed E-state index contributed by atoms with van der Waals surface area (Å²) in [5.74, 6) is -2.70. The van der Waals surface area contributed by atoms with Crippen molar-refractivity contribution in [2.24, 2.45) is 0 Å². The molecule has 1 aliphatic heterocycles. The number of halogens is 1. The Kier molecular flexibility index (Phi) is 7.16. The van der Waals surface area contributed by atoms with Crippen LogP contribution in [0.2, 0.25) is 0 Å². The summed E-state index contributed by atoms with van der Waals surface area (Å²) in [4.78, 5) is 48.7. The van der Waals surface area contributed by atoms with Gasteiger partial charge in [-0.2, -0.15) is 0 Å². The van der Waals surface area contributed by atoms with Crippen LogP contribution in [0.25, 0.3) is 0 Å². The first-order valence-corrected chi connectivity index (χ1v) is 11.9. The van der Waals surface area contributed by atoms with Crippen LogP contribution in [-0.2, 0) is 14.3 Å². The molecule has 1 N–H and O–H groups in total. The number of carbonyl (C=O) groups is 3. The van der Waals surface area contributed by atoms with Crippen LogP contribution < -0.4 is 10.2 Å². The number of amides is 2. The zero-order valence-electron chi connectivity index (χ0n) is 20.0. The van der Waals surface area contributed by atoms with Crippen molar-refractivity contribution in [1.82, 2.24) is 9.97 Å². The van der Waals surface area contributed by atoms with Crippen LogP contribution in [0, 0.1) is 19.7 Å². The number of thioether (sulfide) groups is 1. The summed E-state index contributed by atoms with van der Waals surface area (Å²) in [6.07, 6.45) is -0.305. The molecule has 0 fully saturated rings. The topological polar surface area (TPSA) is 101 Å². The fourth-order valence-corrected chi connectivity index (χ4v) is 4.53. The maximum absolute atomic E-state index is 14.6. The van der Waals surface area contributed by atoms with Gasteiger partial charge in [0.15, 0.2) is 5.16 Å². The maximum Gasteiger partial charge on any atom is 0.338 e. The van der Waals surface area contributed by atoms with E-state index >= 15 is 0 Å². The van der Waals surface area contributed by atoms with Crippen molar-refractivity contribution >= 4 is 40.9 Å². The Balaban J connectivity index is 1.75. The van der Waals surface area contributed by atoms with Crippen LogP contribution in [0.1, 0.15) is 35.6 Å². The van der Waals surface area contributed by atoms with E-state index in [9.17, 15) is 18.8 Å². The zero-order chi connectivity index (χ0) is 26.0. The summed E-state index contributed by atoms with van der Waals surface area (Å²) in [7, 11) is 0. The molecule has 2 heterocycles. The van der Waals surface area contributed by atoms with Gasteiger partial charge in [0.2, 0.25) is 0 Å². The lowest BCUT2D eigenvalue weighted by molar-refractivity contribution is -0.120. The number of nitrogens with zero attached hydrogens (tertiary/aromatic N) is 3. The molecule has 3 aromatic rings. The third-order valence-electron chi connectivity index (χ3n) is 5.00. The Labute approximate surface area is 211 Å². The minimum Gasteiger partial charge on any atom is -0.459 e. The van der Waals surface area contributed by atoms with Crippen LogP contribution in [0.15, 0.2) is 70.4 Å². The highest BCUT2D eigenvalue weighted by atomic mass is 32.2. The number of carbonyl (C=O) groups excluding carboxylic acids is 3. The van der Waals surface area contributed by atoms with Gasteiger partial charge in [-0.3, -0.25) is 9.59 Å². The molecule has 8 nitrogen and oxygen atoms in total. The van der Waals surface area contributed by atoms with E-state index in [1.807, 2.05) is 0 Å². The predicted octanol–water partition coefficient (Wildman–Crippen LogP) is 4.79. The second-order valence-electron chi connectivity index (χ2n) is 8.30. The molecular weight excluding hydrogens is 483 g/mol. The van der Waals surface area contributed by atoms with Crippen molar-refractivity contribution in [2.75, 3.05) is 10.2 Å². The lowest BCUT2D eigenvalue weighted by Gasteiger charge is -2.16. The highest BCUT2D eigenvalue weighted by Crippen LogP contribution is 2.37. The third-order valence-corrected chi connectivity index (χ3v) is 5.95. The molecule has 184 valence electrons. The van der Waals surface area contributed by atoms with Crippen molar-refractivity contribution in [3.8, 4) is 0 Å². The first-order chi connectivity index (χ1) is 17.1. The number of aromatic nitrogens is 2. The van der Waals surface area contributed by atoms with Gasteiger partial charge in [-0.1, -0.05) is 18.2 Å². The number of imide groups is 1.